The van der Waals surface area contributed by atoms with Gasteiger partial charge in [0.2, 0.25) is 11.8 Å². The predicted octanol–water partition coefficient (Wildman–Crippen LogP) is 2.73. The molecule has 0 aliphatic carbocycles. The highest BCUT2D eigenvalue weighted by atomic mass is 16.2. The summed E-state index contributed by atoms with van der Waals surface area (Å²) in [7, 11) is 0. The number of nitrogens with zero attached hydrogens (tertiary/aromatic N) is 3. The van der Waals surface area contributed by atoms with Crippen LogP contribution in [0.3, 0.4) is 0 Å². The first kappa shape index (κ1) is 17.1. The Bertz CT molecular complexity index is 789. The molecule has 6 nitrogen and oxygen atoms in total. The molecule has 0 spiro atoms. The maximum atomic E-state index is 12.9. The highest BCUT2D eigenvalue weighted by Gasteiger charge is 2.37. The summed E-state index contributed by atoms with van der Waals surface area (Å²) in [5.41, 5.74) is 2.92. The molecule has 130 valence electrons. The summed E-state index contributed by atoms with van der Waals surface area (Å²) >= 11 is 0. The van der Waals surface area contributed by atoms with E-state index < -0.39 is 6.04 Å². The van der Waals surface area contributed by atoms with Crippen LogP contribution in [-0.2, 0) is 16.0 Å². The summed E-state index contributed by atoms with van der Waals surface area (Å²) in [6.07, 6.45) is 5.47. The molecule has 0 radical (unpaired) electrons. The molecule has 6 heteroatoms. The molecule has 1 N–H and O–H groups in total. The van der Waals surface area contributed by atoms with Gasteiger partial charge >= 0.3 is 0 Å². The summed E-state index contributed by atoms with van der Waals surface area (Å²) in [6.45, 7) is 6.08. The second-order valence-electron chi connectivity index (χ2n) is 6.80. The fourth-order valence-electron chi connectivity index (χ4n) is 3.16. The fourth-order valence-corrected chi connectivity index (χ4v) is 3.16. The van der Waals surface area contributed by atoms with Gasteiger partial charge in [-0.05, 0) is 30.9 Å². The minimum Gasteiger partial charge on any atom is -0.308 e. The van der Waals surface area contributed by atoms with Gasteiger partial charge in [0.15, 0.2) is 5.82 Å². The van der Waals surface area contributed by atoms with Gasteiger partial charge in [-0.2, -0.15) is 0 Å². The van der Waals surface area contributed by atoms with Crippen LogP contribution >= 0.6 is 0 Å². The summed E-state index contributed by atoms with van der Waals surface area (Å²) < 4.78 is 0. The number of carbonyl (C=O) groups excluding carboxylic acids is 2. The van der Waals surface area contributed by atoms with Crippen molar-refractivity contribution in [2.24, 2.45) is 5.92 Å². The maximum absolute atomic E-state index is 12.9. The first-order valence-electron chi connectivity index (χ1n) is 8.44. The number of nitrogens with one attached hydrogen (secondary N) is 1. The van der Waals surface area contributed by atoms with Crippen molar-refractivity contribution in [2.75, 3.05) is 10.2 Å². The Kier molecular flexibility index (Phi) is 4.79. The zero-order chi connectivity index (χ0) is 18.0. The molecule has 1 aliphatic heterocycles. The number of rotatable bonds is 5. The van der Waals surface area contributed by atoms with Gasteiger partial charge in [0.1, 0.15) is 6.04 Å². The van der Waals surface area contributed by atoms with Crippen molar-refractivity contribution >= 4 is 23.3 Å². The van der Waals surface area contributed by atoms with Crippen LogP contribution in [0.1, 0.15) is 31.4 Å². The van der Waals surface area contributed by atoms with Crippen LogP contribution in [0.15, 0.2) is 36.8 Å². The monoisotopic (exact) mass is 338 g/mol. The van der Waals surface area contributed by atoms with E-state index in [-0.39, 0.29) is 17.7 Å². The van der Waals surface area contributed by atoms with Gasteiger partial charge in [0.05, 0.1) is 12.6 Å². The van der Waals surface area contributed by atoms with Crippen LogP contribution in [0.2, 0.25) is 0 Å². The number of fused-ring (bicyclic) bond motifs is 1. The van der Waals surface area contributed by atoms with Crippen molar-refractivity contribution < 1.29 is 9.59 Å². The molecule has 2 aromatic rings. The maximum Gasteiger partial charge on any atom is 0.248 e. The van der Waals surface area contributed by atoms with Crippen LogP contribution in [0.5, 0.6) is 0 Å². The van der Waals surface area contributed by atoms with E-state index in [4.69, 9.17) is 0 Å². The Morgan fingerprint density at radius 1 is 1.32 bits per heavy atom. The molecule has 0 saturated heterocycles. The Morgan fingerprint density at radius 2 is 2.12 bits per heavy atom. The zero-order valence-corrected chi connectivity index (χ0v) is 14.7. The van der Waals surface area contributed by atoms with Crippen LogP contribution in [0.25, 0.3) is 0 Å². The van der Waals surface area contributed by atoms with Gasteiger partial charge in [0, 0.05) is 18.1 Å². The van der Waals surface area contributed by atoms with Crippen LogP contribution < -0.4 is 10.2 Å². The van der Waals surface area contributed by atoms with Crippen molar-refractivity contribution in [1.82, 2.24) is 9.97 Å². The van der Waals surface area contributed by atoms with Crippen molar-refractivity contribution in [2.45, 2.75) is 39.7 Å². The minimum absolute atomic E-state index is 0.0412. The first-order chi connectivity index (χ1) is 12.0. The molecule has 1 aliphatic rings. The van der Waals surface area contributed by atoms with Crippen molar-refractivity contribution in [3.8, 4) is 0 Å². The molecule has 1 atom stereocenters. The normalized spacial score (nSPS) is 14.6. The second-order valence-corrected chi connectivity index (χ2v) is 6.80. The lowest BCUT2D eigenvalue weighted by Gasteiger charge is -2.29. The standard InChI is InChI=1S/C19H22N4O2/c1-12(2)8-16(19(25)22-17-11-20-6-7-21-17)23-15-5-4-13(3)9-14(15)10-18(23)24/h4-7,9,11-12,16H,8,10H2,1-3H3,(H,21,22,25). The topological polar surface area (TPSA) is 75.2 Å². The van der Waals surface area contributed by atoms with E-state index >= 15 is 0 Å². The summed E-state index contributed by atoms with van der Waals surface area (Å²) in [5.74, 6) is 0.369. The molecule has 2 amide bonds. The van der Waals surface area contributed by atoms with E-state index in [2.05, 4.69) is 15.3 Å². The third-order valence-electron chi connectivity index (χ3n) is 4.23. The summed E-state index contributed by atoms with van der Waals surface area (Å²) in [4.78, 5) is 35.2. The average molecular weight is 338 g/mol. The Hall–Kier alpha value is -2.76. The van der Waals surface area contributed by atoms with Crippen LogP contribution in [0, 0.1) is 12.8 Å². The highest BCUT2D eigenvalue weighted by Crippen LogP contribution is 2.33. The molecule has 0 bridgehead atoms. The lowest BCUT2D eigenvalue weighted by Crippen LogP contribution is -2.46. The van der Waals surface area contributed by atoms with E-state index in [1.807, 2.05) is 39.0 Å². The zero-order valence-electron chi connectivity index (χ0n) is 14.7. The smallest absolute Gasteiger partial charge is 0.248 e. The number of aryl methyl sites for hydroxylation is 1. The number of amides is 2. The Labute approximate surface area is 147 Å². The van der Waals surface area contributed by atoms with Gasteiger partial charge in [-0.25, -0.2) is 4.98 Å². The highest BCUT2D eigenvalue weighted by molar-refractivity contribution is 6.08. The van der Waals surface area contributed by atoms with Gasteiger partial charge < -0.3 is 5.32 Å². The summed E-state index contributed by atoms with van der Waals surface area (Å²) in [5, 5.41) is 2.78. The van der Waals surface area contributed by atoms with E-state index in [0.29, 0.717) is 18.7 Å². The predicted molar refractivity (Wildman–Crippen MR) is 96.3 cm³/mol. The van der Waals surface area contributed by atoms with Gasteiger partial charge in [-0.1, -0.05) is 31.5 Å². The first-order valence-corrected chi connectivity index (χ1v) is 8.44. The molecule has 1 aromatic heterocycles. The minimum atomic E-state index is -0.571. The third-order valence-corrected chi connectivity index (χ3v) is 4.23. The largest absolute Gasteiger partial charge is 0.308 e. The van der Waals surface area contributed by atoms with Crippen LogP contribution in [0.4, 0.5) is 11.5 Å². The molecular formula is C19H22N4O2. The molecule has 2 heterocycles. The quantitative estimate of drug-likeness (QED) is 0.909. The Morgan fingerprint density at radius 3 is 2.80 bits per heavy atom. The Balaban J connectivity index is 1.91. The molecule has 1 unspecified atom stereocenters. The second kappa shape index (κ2) is 7.01. The van der Waals surface area contributed by atoms with Crippen molar-refractivity contribution in [3.05, 3.63) is 47.9 Å². The van der Waals surface area contributed by atoms with E-state index in [0.717, 1.165) is 16.8 Å². The van der Waals surface area contributed by atoms with E-state index in [1.165, 1.54) is 12.4 Å². The van der Waals surface area contributed by atoms with Gasteiger partial charge in [0.25, 0.3) is 0 Å². The number of hydrogen-bond acceptors (Lipinski definition) is 4. The molecule has 1 aromatic carbocycles. The third kappa shape index (κ3) is 3.68. The average Bonchev–Trinajstić information content (AvgIpc) is 2.88. The SMILES string of the molecule is Cc1ccc2c(c1)CC(=O)N2C(CC(C)C)C(=O)Nc1cnccn1. The van der Waals surface area contributed by atoms with E-state index in [9.17, 15) is 9.59 Å². The summed E-state index contributed by atoms with van der Waals surface area (Å²) in [6, 6.07) is 5.34. The lowest BCUT2D eigenvalue weighted by atomic mass is 10.0. The number of carbonyl (C=O) groups is 2. The molecular weight excluding hydrogens is 316 g/mol. The number of anilines is 2. The number of aromatic nitrogens is 2. The van der Waals surface area contributed by atoms with Gasteiger partial charge in [-0.3, -0.25) is 19.5 Å². The van der Waals surface area contributed by atoms with Crippen molar-refractivity contribution in [3.63, 3.8) is 0 Å². The lowest BCUT2D eigenvalue weighted by molar-refractivity contribution is -0.123. The number of benzene rings is 1. The van der Waals surface area contributed by atoms with Crippen molar-refractivity contribution in [1.29, 1.82) is 0 Å². The molecule has 0 saturated carbocycles. The molecule has 3 rings (SSSR count). The van der Waals surface area contributed by atoms with E-state index in [1.54, 1.807) is 11.1 Å². The molecule has 25 heavy (non-hydrogen) atoms. The fraction of sp³-hybridized carbons (Fsp3) is 0.368. The molecule has 0 fully saturated rings. The number of hydrogen-bond donors (Lipinski definition) is 1. The van der Waals surface area contributed by atoms with Crippen LogP contribution in [-0.4, -0.2) is 27.8 Å². The van der Waals surface area contributed by atoms with Gasteiger partial charge in [-0.15, -0.1) is 0 Å².